The molecule has 106 valence electrons. The van der Waals surface area contributed by atoms with Crippen molar-refractivity contribution in [3.05, 3.63) is 36.5 Å². The van der Waals surface area contributed by atoms with E-state index in [0.29, 0.717) is 0 Å². The van der Waals surface area contributed by atoms with Crippen LogP contribution in [0.2, 0.25) is 0 Å². The zero-order valence-electron chi connectivity index (χ0n) is 12.1. The van der Waals surface area contributed by atoms with Gasteiger partial charge in [0.25, 0.3) is 0 Å². The number of nitrogens with zero attached hydrogens (tertiary/aromatic N) is 1. The fraction of sp³-hybridized carbons (Fsp3) is 0.471. The number of rotatable bonds is 6. The predicted molar refractivity (Wildman–Crippen MR) is 82.1 cm³/mol. The lowest BCUT2D eigenvalue weighted by Gasteiger charge is -2.42. The van der Waals surface area contributed by atoms with Crippen LogP contribution in [-0.4, -0.2) is 23.7 Å². The molecule has 1 aliphatic carbocycles. The minimum absolute atomic E-state index is 0.0340. The van der Waals surface area contributed by atoms with Gasteiger partial charge >= 0.3 is 0 Å². The average Bonchev–Trinajstić information content (AvgIpc) is 2.44. The number of hydrogen-bond donors (Lipinski definition) is 1. The van der Waals surface area contributed by atoms with Gasteiger partial charge in [-0.1, -0.05) is 25.1 Å². The molecule has 0 radical (unpaired) electrons. The highest BCUT2D eigenvalue weighted by atomic mass is 16.5. The van der Waals surface area contributed by atoms with Gasteiger partial charge < -0.3 is 10.1 Å². The summed E-state index contributed by atoms with van der Waals surface area (Å²) in [5.41, 5.74) is 1.06. The molecule has 1 aromatic carbocycles. The highest BCUT2D eigenvalue weighted by molar-refractivity contribution is 5.79. The molecule has 1 saturated carbocycles. The maximum Gasteiger partial charge on any atom is 0.139 e. The summed E-state index contributed by atoms with van der Waals surface area (Å²) in [6.45, 7) is 4.19. The molecular formula is C17H22N2O. The second-order valence-electron chi connectivity index (χ2n) is 5.61. The molecule has 0 bridgehead atoms. The third-order valence-corrected chi connectivity index (χ3v) is 4.17. The summed E-state index contributed by atoms with van der Waals surface area (Å²) < 4.78 is 6.29. The van der Waals surface area contributed by atoms with E-state index < -0.39 is 0 Å². The van der Waals surface area contributed by atoms with Crippen molar-refractivity contribution in [2.24, 2.45) is 0 Å². The van der Waals surface area contributed by atoms with Crippen LogP contribution < -0.4 is 10.1 Å². The highest BCUT2D eigenvalue weighted by Gasteiger charge is 2.38. The maximum absolute atomic E-state index is 6.29. The summed E-state index contributed by atoms with van der Waals surface area (Å²) in [5.74, 6) is 0.903. The van der Waals surface area contributed by atoms with Gasteiger partial charge in [-0.25, -0.2) is 0 Å². The van der Waals surface area contributed by atoms with Gasteiger partial charge in [0.05, 0.1) is 11.7 Å². The van der Waals surface area contributed by atoms with Gasteiger partial charge in [-0.3, -0.25) is 4.98 Å². The van der Waals surface area contributed by atoms with Gasteiger partial charge in [0, 0.05) is 5.39 Å². The van der Waals surface area contributed by atoms with Crippen LogP contribution >= 0.6 is 0 Å². The predicted octanol–water partition coefficient (Wildman–Crippen LogP) is 3.54. The third-order valence-electron chi connectivity index (χ3n) is 4.17. The fourth-order valence-corrected chi connectivity index (χ4v) is 2.82. The van der Waals surface area contributed by atoms with Crippen molar-refractivity contribution in [1.29, 1.82) is 0 Å². The lowest BCUT2D eigenvalue weighted by atomic mass is 9.77. The molecule has 3 heteroatoms. The van der Waals surface area contributed by atoms with Gasteiger partial charge in [-0.2, -0.15) is 0 Å². The Kier molecular flexibility index (Phi) is 3.88. The summed E-state index contributed by atoms with van der Waals surface area (Å²) in [6, 6.07) is 10.3. The molecule has 0 atom stereocenters. The first kappa shape index (κ1) is 13.4. The molecule has 0 amide bonds. The number of fused-ring (bicyclic) bond motifs is 1. The summed E-state index contributed by atoms with van der Waals surface area (Å²) in [5, 5.41) is 4.54. The molecule has 1 N–H and O–H groups in total. The Bertz CT molecular complexity index is 578. The van der Waals surface area contributed by atoms with E-state index in [1.165, 1.54) is 6.42 Å². The lowest BCUT2D eigenvalue weighted by Crippen LogP contribution is -2.45. The zero-order valence-corrected chi connectivity index (χ0v) is 12.1. The molecule has 1 fully saturated rings. The second-order valence-corrected chi connectivity index (χ2v) is 5.61. The van der Waals surface area contributed by atoms with Gasteiger partial charge in [-0.05, 0) is 50.9 Å². The molecule has 1 heterocycles. The summed E-state index contributed by atoms with van der Waals surface area (Å²) >= 11 is 0. The van der Waals surface area contributed by atoms with Crippen LogP contribution in [0.15, 0.2) is 36.5 Å². The van der Waals surface area contributed by atoms with Crippen molar-refractivity contribution in [3.63, 3.8) is 0 Å². The Balaban J connectivity index is 1.73. The van der Waals surface area contributed by atoms with Crippen LogP contribution in [-0.2, 0) is 0 Å². The number of para-hydroxylation sites is 1. The van der Waals surface area contributed by atoms with Crippen LogP contribution in [0.3, 0.4) is 0 Å². The smallest absolute Gasteiger partial charge is 0.139 e. The van der Waals surface area contributed by atoms with Crippen LogP contribution in [0.5, 0.6) is 5.75 Å². The van der Waals surface area contributed by atoms with Crippen molar-refractivity contribution >= 4 is 10.9 Å². The van der Waals surface area contributed by atoms with E-state index in [1.807, 2.05) is 24.4 Å². The van der Waals surface area contributed by atoms with Crippen molar-refractivity contribution in [3.8, 4) is 5.75 Å². The maximum atomic E-state index is 6.29. The number of pyridine rings is 1. The molecule has 0 unspecified atom stereocenters. The number of hydrogen-bond acceptors (Lipinski definition) is 3. The SMILES string of the molecule is CCNCCC1(Oc2cnc3ccccc3c2)CCC1. The molecular weight excluding hydrogens is 248 g/mol. The topological polar surface area (TPSA) is 34.1 Å². The van der Waals surface area contributed by atoms with E-state index in [-0.39, 0.29) is 5.60 Å². The first-order valence-electron chi connectivity index (χ1n) is 7.56. The average molecular weight is 270 g/mol. The van der Waals surface area contributed by atoms with Crippen molar-refractivity contribution in [2.75, 3.05) is 13.1 Å². The Hall–Kier alpha value is -1.61. The standard InChI is InChI=1S/C17H22N2O/c1-2-18-11-10-17(8-5-9-17)20-15-12-14-6-3-4-7-16(14)19-13-15/h3-4,6-7,12-13,18H,2,5,8-11H2,1H3. The van der Waals surface area contributed by atoms with Crippen molar-refractivity contribution in [1.82, 2.24) is 10.3 Å². The summed E-state index contributed by atoms with van der Waals surface area (Å²) in [4.78, 5) is 4.48. The summed E-state index contributed by atoms with van der Waals surface area (Å²) in [6.07, 6.45) is 6.52. The number of aromatic nitrogens is 1. The van der Waals surface area contributed by atoms with Gasteiger partial charge in [0.15, 0.2) is 0 Å². The first-order chi connectivity index (χ1) is 9.81. The van der Waals surface area contributed by atoms with Crippen molar-refractivity contribution < 1.29 is 4.74 Å². The van der Waals surface area contributed by atoms with Crippen LogP contribution in [0, 0.1) is 0 Å². The molecule has 0 aliphatic heterocycles. The number of ether oxygens (including phenoxy) is 1. The lowest BCUT2D eigenvalue weighted by molar-refractivity contribution is -0.0142. The molecule has 0 spiro atoms. The van der Waals surface area contributed by atoms with Gasteiger partial charge in [-0.15, -0.1) is 0 Å². The van der Waals surface area contributed by atoms with Gasteiger partial charge in [0.1, 0.15) is 11.4 Å². The van der Waals surface area contributed by atoms with E-state index in [4.69, 9.17) is 4.74 Å². The molecule has 2 aromatic rings. The van der Waals surface area contributed by atoms with Crippen molar-refractivity contribution in [2.45, 2.75) is 38.2 Å². The molecule has 20 heavy (non-hydrogen) atoms. The minimum atomic E-state index is 0.0340. The normalized spacial score (nSPS) is 16.9. The molecule has 0 saturated heterocycles. The van der Waals surface area contributed by atoms with Crippen LogP contribution in [0.1, 0.15) is 32.6 Å². The van der Waals surface area contributed by atoms with Gasteiger partial charge in [0.2, 0.25) is 0 Å². The Morgan fingerprint density at radius 2 is 2.15 bits per heavy atom. The highest BCUT2D eigenvalue weighted by Crippen LogP contribution is 2.39. The Labute approximate surface area is 120 Å². The molecule has 3 nitrogen and oxygen atoms in total. The minimum Gasteiger partial charge on any atom is -0.486 e. The van der Waals surface area contributed by atoms with E-state index in [2.05, 4.69) is 29.4 Å². The Morgan fingerprint density at radius 1 is 1.30 bits per heavy atom. The number of nitrogens with one attached hydrogen (secondary N) is 1. The second kappa shape index (κ2) is 5.80. The largest absolute Gasteiger partial charge is 0.486 e. The van der Waals surface area contributed by atoms with E-state index >= 15 is 0 Å². The Morgan fingerprint density at radius 3 is 2.90 bits per heavy atom. The fourth-order valence-electron chi connectivity index (χ4n) is 2.82. The van der Waals surface area contributed by atoms with Crippen LogP contribution in [0.25, 0.3) is 10.9 Å². The quantitative estimate of drug-likeness (QED) is 0.815. The van der Waals surface area contributed by atoms with E-state index in [9.17, 15) is 0 Å². The monoisotopic (exact) mass is 270 g/mol. The van der Waals surface area contributed by atoms with E-state index in [1.54, 1.807) is 0 Å². The molecule has 1 aromatic heterocycles. The van der Waals surface area contributed by atoms with Crippen LogP contribution in [0.4, 0.5) is 0 Å². The zero-order chi connectivity index (χ0) is 13.8. The number of benzene rings is 1. The molecule has 3 rings (SSSR count). The molecule has 1 aliphatic rings. The first-order valence-corrected chi connectivity index (χ1v) is 7.56. The summed E-state index contributed by atoms with van der Waals surface area (Å²) in [7, 11) is 0. The van der Waals surface area contributed by atoms with E-state index in [0.717, 1.165) is 49.0 Å². The third kappa shape index (κ3) is 2.78.